The van der Waals surface area contributed by atoms with Crippen molar-refractivity contribution in [3.05, 3.63) is 11.0 Å². The second-order valence-corrected chi connectivity index (χ2v) is 3.39. The number of carboxylic acids is 1. The van der Waals surface area contributed by atoms with Crippen molar-refractivity contribution < 1.29 is 9.90 Å². The third-order valence-electron chi connectivity index (χ3n) is 1.50. The van der Waals surface area contributed by atoms with Crippen LogP contribution in [0.3, 0.4) is 0 Å². The van der Waals surface area contributed by atoms with Crippen LogP contribution in [-0.2, 0) is 4.79 Å². The Hall–Kier alpha value is -0.440. The monoisotopic (exact) mass is 158 g/mol. The van der Waals surface area contributed by atoms with Crippen LogP contribution in [0.15, 0.2) is 11.0 Å². The van der Waals surface area contributed by atoms with Gasteiger partial charge in [-0.2, -0.15) is 0 Å². The van der Waals surface area contributed by atoms with E-state index in [-0.39, 0.29) is 5.92 Å². The van der Waals surface area contributed by atoms with Gasteiger partial charge in [0.2, 0.25) is 0 Å². The van der Waals surface area contributed by atoms with Crippen molar-refractivity contribution in [1.82, 2.24) is 0 Å². The molecule has 0 aromatic heterocycles. The van der Waals surface area contributed by atoms with E-state index in [9.17, 15) is 4.79 Å². The highest BCUT2D eigenvalue weighted by molar-refractivity contribution is 8.03. The molecule has 0 fully saturated rings. The van der Waals surface area contributed by atoms with Gasteiger partial charge in [-0.25, -0.2) is 0 Å². The van der Waals surface area contributed by atoms with Crippen molar-refractivity contribution >= 4 is 17.7 Å². The van der Waals surface area contributed by atoms with Crippen LogP contribution in [0.4, 0.5) is 0 Å². The van der Waals surface area contributed by atoms with E-state index in [4.69, 9.17) is 5.11 Å². The smallest absolute Gasteiger partial charge is 0.311 e. The van der Waals surface area contributed by atoms with E-state index in [1.807, 2.05) is 13.0 Å². The standard InChI is InChI=1S/C7H10O2S/c1-2-6-3-5(4-10-6)7(8)9/h3,5H,2,4H2,1H3,(H,8,9). The van der Waals surface area contributed by atoms with E-state index >= 15 is 0 Å². The Morgan fingerprint density at radius 2 is 2.70 bits per heavy atom. The fraction of sp³-hybridized carbons (Fsp3) is 0.571. The van der Waals surface area contributed by atoms with Crippen molar-refractivity contribution in [2.45, 2.75) is 13.3 Å². The minimum Gasteiger partial charge on any atom is -0.481 e. The van der Waals surface area contributed by atoms with Crippen molar-refractivity contribution in [1.29, 1.82) is 0 Å². The predicted octanol–water partition coefficient (Wildman–Crippen LogP) is 1.73. The fourth-order valence-electron chi connectivity index (χ4n) is 0.880. The minimum atomic E-state index is -0.698. The Bertz CT molecular complexity index is 174. The molecule has 0 aromatic carbocycles. The lowest BCUT2D eigenvalue weighted by molar-refractivity contribution is -0.139. The van der Waals surface area contributed by atoms with Gasteiger partial charge in [0.05, 0.1) is 5.92 Å². The molecule has 0 saturated heterocycles. The largest absolute Gasteiger partial charge is 0.481 e. The van der Waals surface area contributed by atoms with E-state index < -0.39 is 5.97 Å². The molecule has 0 aliphatic carbocycles. The highest BCUT2D eigenvalue weighted by atomic mass is 32.2. The van der Waals surface area contributed by atoms with Crippen molar-refractivity contribution in [3.63, 3.8) is 0 Å². The lowest BCUT2D eigenvalue weighted by Crippen LogP contribution is -2.10. The molecule has 0 bridgehead atoms. The summed E-state index contributed by atoms with van der Waals surface area (Å²) < 4.78 is 0. The molecule has 10 heavy (non-hydrogen) atoms. The molecular formula is C7H10O2S. The Balaban J connectivity index is 2.55. The Kier molecular flexibility index (Phi) is 2.38. The topological polar surface area (TPSA) is 37.3 Å². The maximum atomic E-state index is 10.4. The van der Waals surface area contributed by atoms with E-state index in [2.05, 4.69) is 0 Å². The maximum Gasteiger partial charge on any atom is 0.311 e. The van der Waals surface area contributed by atoms with Gasteiger partial charge < -0.3 is 5.11 Å². The van der Waals surface area contributed by atoms with E-state index in [1.165, 1.54) is 4.91 Å². The van der Waals surface area contributed by atoms with Crippen LogP contribution >= 0.6 is 11.8 Å². The molecule has 1 heterocycles. The zero-order valence-electron chi connectivity index (χ0n) is 5.83. The molecule has 1 aliphatic heterocycles. The number of carboxylic acid groups (broad SMARTS) is 1. The van der Waals surface area contributed by atoms with Crippen molar-refractivity contribution in [2.75, 3.05) is 5.75 Å². The highest BCUT2D eigenvalue weighted by Crippen LogP contribution is 2.30. The van der Waals surface area contributed by atoms with Crippen LogP contribution in [-0.4, -0.2) is 16.8 Å². The summed E-state index contributed by atoms with van der Waals surface area (Å²) in [5, 5.41) is 8.57. The van der Waals surface area contributed by atoms with Gasteiger partial charge in [-0.3, -0.25) is 4.79 Å². The Labute approximate surface area is 64.3 Å². The summed E-state index contributed by atoms with van der Waals surface area (Å²) in [5.74, 6) is -0.214. The first-order valence-corrected chi connectivity index (χ1v) is 4.29. The lowest BCUT2D eigenvalue weighted by Gasteiger charge is -1.94. The van der Waals surface area contributed by atoms with E-state index in [0.29, 0.717) is 0 Å². The number of hydrogen-bond acceptors (Lipinski definition) is 2. The molecular weight excluding hydrogens is 148 g/mol. The molecule has 1 rings (SSSR count). The first kappa shape index (κ1) is 7.66. The normalized spacial score (nSPS) is 24.5. The average Bonchev–Trinajstić information content (AvgIpc) is 2.34. The molecule has 0 saturated carbocycles. The molecule has 0 aromatic rings. The highest BCUT2D eigenvalue weighted by Gasteiger charge is 2.21. The molecule has 1 atom stereocenters. The third kappa shape index (κ3) is 1.53. The summed E-state index contributed by atoms with van der Waals surface area (Å²) in [6.45, 7) is 2.04. The van der Waals surface area contributed by atoms with Gasteiger partial charge >= 0.3 is 5.97 Å². The van der Waals surface area contributed by atoms with Crippen LogP contribution < -0.4 is 0 Å². The average molecular weight is 158 g/mol. The molecule has 1 N–H and O–H groups in total. The van der Waals surface area contributed by atoms with E-state index in [1.54, 1.807) is 11.8 Å². The number of rotatable bonds is 2. The Morgan fingerprint density at radius 1 is 2.00 bits per heavy atom. The second kappa shape index (κ2) is 3.10. The molecule has 2 nitrogen and oxygen atoms in total. The molecule has 0 amide bonds. The Morgan fingerprint density at radius 3 is 3.00 bits per heavy atom. The summed E-state index contributed by atoms with van der Waals surface area (Å²) in [5.41, 5.74) is 0. The van der Waals surface area contributed by atoms with Gasteiger partial charge in [-0.1, -0.05) is 13.0 Å². The van der Waals surface area contributed by atoms with Crippen LogP contribution in [0.2, 0.25) is 0 Å². The van der Waals surface area contributed by atoms with Crippen LogP contribution in [0.25, 0.3) is 0 Å². The summed E-state index contributed by atoms with van der Waals surface area (Å²) in [7, 11) is 0. The number of allylic oxidation sites excluding steroid dienone is 1. The van der Waals surface area contributed by atoms with Crippen molar-refractivity contribution in [3.8, 4) is 0 Å². The molecule has 1 aliphatic rings. The quantitative estimate of drug-likeness (QED) is 0.665. The molecule has 0 spiro atoms. The molecule has 1 unspecified atom stereocenters. The van der Waals surface area contributed by atoms with Crippen LogP contribution in [0, 0.1) is 5.92 Å². The predicted molar refractivity (Wildman–Crippen MR) is 42.0 cm³/mol. The van der Waals surface area contributed by atoms with Gasteiger partial charge in [0.1, 0.15) is 0 Å². The van der Waals surface area contributed by atoms with Gasteiger partial charge in [-0.05, 0) is 11.3 Å². The number of aliphatic carboxylic acids is 1. The summed E-state index contributed by atoms with van der Waals surface area (Å²) in [6, 6.07) is 0. The maximum absolute atomic E-state index is 10.4. The van der Waals surface area contributed by atoms with Gasteiger partial charge in [-0.15, -0.1) is 11.8 Å². The molecule has 56 valence electrons. The first-order chi connectivity index (χ1) is 4.74. The number of thioether (sulfide) groups is 1. The van der Waals surface area contributed by atoms with Gasteiger partial charge in [0, 0.05) is 5.75 Å². The SMILES string of the molecule is CCC1=CC(C(=O)O)CS1. The summed E-state index contributed by atoms with van der Waals surface area (Å²) in [6.07, 6.45) is 2.82. The second-order valence-electron chi connectivity index (χ2n) is 2.24. The van der Waals surface area contributed by atoms with E-state index in [0.717, 1.165) is 12.2 Å². The fourth-order valence-corrected chi connectivity index (χ4v) is 1.98. The number of carbonyl (C=O) groups is 1. The molecule has 0 radical (unpaired) electrons. The van der Waals surface area contributed by atoms with Crippen molar-refractivity contribution in [2.24, 2.45) is 5.92 Å². The van der Waals surface area contributed by atoms with Crippen LogP contribution in [0.5, 0.6) is 0 Å². The summed E-state index contributed by atoms with van der Waals surface area (Å²) in [4.78, 5) is 11.6. The third-order valence-corrected chi connectivity index (χ3v) is 2.82. The lowest BCUT2D eigenvalue weighted by atomic mass is 10.1. The molecule has 3 heteroatoms. The first-order valence-electron chi connectivity index (χ1n) is 3.30. The van der Waals surface area contributed by atoms with Gasteiger partial charge in [0.25, 0.3) is 0 Å². The zero-order chi connectivity index (χ0) is 7.56. The summed E-state index contributed by atoms with van der Waals surface area (Å²) >= 11 is 1.66. The number of hydrogen-bond donors (Lipinski definition) is 1. The zero-order valence-corrected chi connectivity index (χ0v) is 6.65. The minimum absolute atomic E-state index is 0.236. The van der Waals surface area contributed by atoms with Crippen LogP contribution in [0.1, 0.15) is 13.3 Å². The van der Waals surface area contributed by atoms with Gasteiger partial charge in [0.15, 0.2) is 0 Å².